The highest BCUT2D eigenvalue weighted by Crippen LogP contribution is 2.38. The van der Waals surface area contributed by atoms with Crippen LogP contribution in [0.15, 0.2) is 24.4 Å². The van der Waals surface area contributed by atoms with Crippen LogP contribution in [-0.4, -0.2) is 42.2 Å². The smallest absolute Gasteiger partial charge is 0.362 e. The maximum Gasteiger partial charge on any atom is 0.416 e. The number of alkyl halides is 6. The summed E-state index contributed by atoms with van der Waals surface area (Å²) in [6.45, 7) is 4.63. The first-order chi connectivity index (χ1) is 17.5. The second-order valence-electron chi connectivity index (χ2n) is 10.3. The Balaban J connectivity index is 1.60. The quantitative estimate of drug-likeness (QED) is 0.397. The van der Waals surface area contributed by atoms with Crippen LogP contribution in [0.4, 0.5) is 42.9 Å². The number of urea groups is 1. The Morgan fingerprint density at radius 3 is 1.89 bits per heavy atom. The summed E-state index contributed by atoms with van der Waals surface area (Å²) in [6, 6.07) is 0.538. The highest BCUT2D eigenvalue weighted by molar-refractivity contribution is 5.75. The first kappa shape index (κ1) is 29.3. The first-order valence-corrected chi connectivity index (χ1v) is 12.1. The molecule has 1 aliphatic carbocycles. The van der Waals surface area contributed by atoms with Crippen molar-refractivity contribution in [3.05, 3.63) is 46.6 Å². The number of carbonyl (C=O) groups excluding carboxylic acids is 1. The summed E-state index contributed by atoms with van der Waals surface area (Å²) in [7, 11) is 3.79. The molecule has 210 valence electrons. The molecule has 1 aromatic carbocycles. The molecule has 3 N–H and O–H groups in total. The molecule has 3 rings (SSSR count). The number of aromatic nitrogens is 2. The molecule has 1 aliphatic rings. The van der Waals surface area contributed by atoms with Gasteiger partial charge in [0.05, 0.1) is 16.7 Å². The standard InChI is InChI=1S/C25H32F6N6O/c1-14-13-32-21(35-20(14)37(4)5)33-18-6-8-19(9-7-18)34-22(38)36-23(2,3)15-10-16(24(26,27)28)12-17(11-15)25(29,30)31/h10-13,18-19H,6-9H2,1-5H3,(H,32,33,35)(H2,34,36,38)/t18-,19+. The number of nitrogens with zero attached hydrogens (tertiary/aromatic N) is 3. The van der Waals surface area contributed by atoms with Gasteiger partial charge in [-0.1, -0.05) is 0 Å². The number of carbonyl (C=O) groups is 1. The summed E-state index contributed by atoms with van der Waals surface area (Å²) in [4.78, 5) is 23.4. The van der Waals surface area contributed by atoms with Crippen LogP contribution < -0.4 is 20.9 Å². The Kier molecular flexibility index (Phi) is 8.37. The zero-order valence-electron chi connectivity index (χ0n) is 21.8. The largest absolute Gasteiger partial charge is 0.416 e. The monoisotopic (exact) mass is 546 g/mol. The summed E-state index contributed by atoms with van der Waals surface area (Å²) in [5.41, 5.74) is -3.73. The Labute approximate surface area is 217 Å². The summed E-state index contributed by atoms with van der Waals surface area (Å²) < 4.78 is 79.5. The highest BCUT2D eigenvalue weighted by Gasteiger charge is 2.39. The third kappa shape index (κ3) is 7.41. The minimum atomic E-state index is -4.97. The third-order valence-electron chi connectivity index (χ3n) is 6.50. The van der Waals surface area contributed by atoms with Crippen LogP contribution in [0.5, 0.6) is 0 Å². The number of nitrogens with one attached hydrogen (secondary N) is 3. The predicted molar refractivity (Wildman–Crippen MR) is 132 cm³/mol. The van der Waals surface area contributed by atoms with Crippen molar-refractivity contribution in [2.24, 2.45) is 0 Å². The van der Waals surface area contributed by atoms with E-state index in [4.69, 9.17) is 0 Å². The third-order valence-corrected chi connectivity index (χ3v) is 6.50. The van der Waals surface area contributed by atoms with E-state index in [1.165, 1.54) is 13.8 Å². The molecule has 0 unspecified atom stereocenters. The summed E-state index contributed by atoms with van der Waals surface area (Å²) in [5, 5.41) is 8.63. The van der Waals surface area contributed by atoms with E-state index in [9.17, 15) is 31.1 Å². The fourth-order valence-electron chi connectivity index (χ4n) is 4.41. The van der Waals surface area contributed by atoms with Gasteiger partial charge in [-0.25, -0.2) is 9.78 Å². The zero-order chi connectivity index (χ0) is 28.5. The lowest BCUT2D eigenvalue weighted by Crippen LogP contribution is -2.50. The molecule has 7 nitrogen and oxygen atoms in total. The van der Waals surface area contributed by atoms with Gasteiger partial charge in [0.25, 0.3) is 0 Å². The van der Waals surface area contributed by atoms with Gasteiger partial charge in [-0.05, 0) is 70.2 Å². The number of amides is 2. The van der Waals surface area contributed by atoms with Gasteiger partial charge in [0.2, 0.25) is 5.95 Å². The molecule has 2 aromatic rings. The lowest BCUT2D eigenvalue weighted by molar-refractivity contribution is -0.143. The van der Waals surface area contributed by atoms with E-state index in [-0.39, 0.29) is 23.7 Å². The van der Waals surface area contributed by atoms with Crippen LogP contribution >= 0.6 is 0 Å². The molecule has 13 heteroatoms. The van der Waals surface area contributed by atoms with E-state index in [2.05, 4.69) is 25.9 Å². The summed E-state index contributed by atoms with van der Waals surface area (Å²) in [6.07, 6.45) is -5.53. The summed E-state index contributed by atoms with van der Waals surface area (Å²) >= 11 is 0. The molecule has 0 radical (unpaired) electrons. The molecule has 1 fully saturated rings. The number of hydrogen-bond acceptors (Lipinski definition) is 5. The maximum absolute atomic E-state index is 13.3. The molecular formula is C25H32F6N6O. The van der Waals surface area contributed by atoms with E-state index >= 15 is 0 Å². The van der Waals surface area contributed by atoms with Gasteiger partial charge in [0, 0.05) is 37.9 Å². The van der Waals surface area contributed by atoms with Crippen LogP contribution in [0, 0.1) is 6.92 Å². The van der Waals surface area contributed by atoms with Gasteiger partial charge in [-0.3, -0.25) is 0 Å². The second kappa shape index (κ2) is 10.9. The molecular weight excluding hydrogens is 514 g/mol. The minimum Gasteiger partial charge on any atom is -0.362 e. The maximum atomic E-state index is 13.3. The fraction of sp³-hybridized carbons (Fsp3) is 0.560. The average molecular weight is 547 g/mol. The highest BCUT2D eigenvalue weighted by atomic mass is 19.4. The molecule has 2 amide bonds. The molecule has 0 bridgehead atoms. The van der Waals surface area contributed by atoms with Gasteiger partial charge in [0.1, 0.15) is 5.82 Å². The van der Waals surface area contributed by atoms with Crippen molar-refractivity contribution in [2.45, 2.75) is 76.4 Å². The van der Waals surface area contributed by atoms with E-state index < -0.39 is 35.0 Å². The molecule has 1 saturated carbocycles. The van der Waals surface area contributed by atoms with E-state index in [0.29, 0.717) is 43.8 Å². The fourth-order valence-corrected chi connectivity index (χ4v) is 4.41. The lowest BCUT2D eigenvalue weighted by Gasteiger charge is -2.32. The van der Waals surface area contributed by atoms with Crippen LogP contribution in [0.1, 0.15) is 61.8 Å². The number of aryl methyl sites for hydroxylation is 1. The van der Waals surface area contributed by atoms with Crippen LogP contribution in [0.25, 0.3) is 0 Å². The van der Waals surface area contributed by atoms with Gasteiger partial charge < -0.3 is 20.9 Å². The van der Waals surface area contributed by atoms with Crippen molar-refractivity contribution in [1.82, 2.24) is 20.6 Å². The molecule has 0 atom stereocenters. The summed E-state index contributed by atoms with van der Waals surface area (Å²) in [5.74, 6) is 1.31. The zero-order valence-corrected chi connectivity index (χ0v) is 21.8. The Hall–Kier alpha value is -3.25. The topological polar surface area (TPSA) is 82.2 Å². The van der Waals surface area contributed by atoms with Crippen molar-refractivity contribution < 1.29 is 31.1 Å². The molecule has 38 heavy (non-hydrogen) atoms. The van der Waals surface area contributed by atoms with Gasteiger partial charge in [-0.15, -0.1) is 0 Å². The Morgan fingerprint density at radius 2 is 1.39 bits per heavy atom. The Bertz CT molecular complexity index is 1110. The molecule has 0 saturated heterocycles. The van der Waals surface area contributed by atoms with Crippen LogP contribution in [0.3, 0.4) is 0 Å². The molecule has 1 heterocycles. The van der Waals surface area contributed by atoms with Crippen molar-refractivity contribution in [3.8, 4) is 0 Å². The van der Waals surface area contributed by atoms with Gasteiger partial charge >= 0.3 is 18.4 Å². The van der Waals surface area contributed by atoms with Gasteiger partial charge in [0.15, 0.2) is 0 Å². The molecule has 0 spiro atoms. The minimum absolute atomic E-state index is 0.0646. The molecule has 0 aliphatic heterocycles. The Morgan fingerprint density at radius 1 is 0.895 bits per heavy atom. The van der Waals surface area contributed by atoms with Crippen molar-refractivity contribution in [2.75, 3.05) is 24.3 Å². The normalized spacial score (nSPS) is 18.6. The van der Waals surface area contributed by atoms with Crippen LogP contribution in [0.2, 0.25) is 0 Å². The predicted octanol–water partition coefficient (Wildman–Crippen LogP) is 5.85. The van der Waals surface area contributed by atoms with Crippen molar-refractivity contribution in [1.29, 1.82) is 0 Å². The second-order valence-corrected chi connectivity index (χ2v) is 10.3. The average Bonchev–Trinajstić information content (AvgIpc) is 2.79. The molecule has 1 aromatic heterocycles. The van der Waals surface area contributed by atoms with E-state index in [1.54, 1.807) is 6.20 Å². The van der Waals surface area contributed by atoms with Crippen molar-refractivity contribution >= 4 is 17.8 Å². The number of halogens is 6. The SMILES string of the molecule is Cc1cnc(N[C@H]2CC[C@@H](NC(=O)NC(C)(C)c3cc(C(F)(F)F)cc(C(F)(F)F)c3)CC2)nc1N(C)C. The van der Waals surface area contributed by atoms with Gasteiger partial charge in [-0.2, -0.15) is 31.3 Å². The van der Waals surface area contributed by atoms with Crippen molar-refractivity contribution in [3.63, 3.8) is 0 Å². The van der Waals surface area contributed by atoms with E-state index in [1.807, 2.05) is 25.9 Å². The number of hydrogen-bond donors (Lipinski definition) is 3. The first-order valence-electron chi connectivity index (χ1n) is 12.1. The lowest BCUT2D eigenvalue weighted by atomic mass is 9.90. The number of rotatable bonds is 6. The van der Waals surface area contributed by atoms with E-state index in [0.717, 1.165) is 11.4 Å². The number of anilines is 2. The van der Waals surface area contributed by atoms with Crippen LogP contribution in [-0.2, 0) is 17.9 Å². The number of benzene rings is 1.